The topological polar surface area (TPSA) is 79.0 Å². The Morgan fingerprint density at radius 3 is 2.56 bits per heavy atom. The van der Waals surface area contributed by atoms with Gasteiger partial charge in [0.1, 0.15) is 5.75 Å². The lowest BCUT2D eigenvalue weighted by molar-refractivity contribution is 0.0949. The summed E-state index contributed by atoms with van der Waals surface area (Å²) in [5, 5.41) is 2.82. The minimum atomic E-state index is -3.56. The van der Waals surface area contributed by atoms with Crippen LogP contribution in [0.15, 0.2) is 23.1 Å². The highest BCUT2D eigenvalue weighted by atomic mass is 32.2. The number of carbonyl (C=O) groups excluding carboxylic acids is 1. The zero-order chi connectivity index (χ0) is 18.4. The molecule has 0 aliphatic carbocycles. The average Bonchev–Trinajstić information content (AvgIpc) is 3.13. The number of sulfonamides is 1. The van der Waals surface area contributed by atoms with Crippen LogP contribution >= 0.6 is 0 Å². The van der Waals surface area contributed by atoms with E-state index in [1.54, 1.807) is 0 Å². The molecule has 0 unspecified atom stereocenters. The highest BCUT2D eigenvalue weighted by Crippen LogP contribution is 2.26. The molecule has 0 bridgehead atoms. The number of amides is 1. The third-order valence-corrected chi connectivity index (χ3v) is 6.08. The van der Waals surface area contributed by atoms with Gasteiger partial charge in [-0.05, 0) is 58.1 Å². The summed E-state index contributed by atoms with van der Waals surface area (Å²) in [4.78, 5) is 14.6. The highest BCUT2D eigenvalue weighted by Gasteiger charge is 2.28. The number of hydrogen-bond acceptors (Lipinski definition) is 5. The van der Waals surface area contributed by atoms with Gasteiger partial charge in [-0.2, -0.15) is 4.31 Å². The summed E-state index contributed by atoms with van der Waals surface area (Å²) in [7, 11) is 1.84. The van der Waals surface area contributed by atoms with E-state index in [1.807, 2.05) is 19.0 Å². The molecule has 1 aromatic carbocycles. The molecule has 8 heteroatoms. The van der Waals surface area contributed by atoms with E-state index in [0.29, 0.717) is 25.4 Å². The second-order valence-corrected chi connectivity index (χ2v) is 8.32. The predicted molar refractivity (Wildman–Crippen MR) is 96.5 cm³/mol. The van der Waals surface area contributed by atoms with Crippen molar-refractivity contribution in [2.24, 2.45) is 0 Å². The number of benzene rings is 1. The summed E-state index contributed by atoms with van der Waals surface area (Å²) in [5.41, 5.74) is 0.243. The number of carbonyl (C=O) groups is 1. The maximum atomic E-state index is 12.7. The zero-order valence-corrected chi connectivity index (χ0v) is 15.9. The summed E-state index contributed by atoms with van der Waals surface area (Å²) >= 11 is 0. The van der Waals surface area contributed by atoms with Crippen LogP contribution in [-0.2, 0) is 10.0 Å². The molecule has 7 nitrogen and oxygen atoms in total. The number of nitrogens with one attached hydrogen (secondary N) is 1. The van der Waals surface area contributed by atoms with Gasteiger partial charge in [0.05, 0.1) is 17.6 Å². The Bertz CT molecular complexity index is 698. The van der Waals surface area contributed by atoms with Gasteiger partial charge in [0, 0.05) is 19.6 Å². The number of rotatable bonds is 8. The van der Waals surface area contributed by atoms with Gasteiger partial charge < -0.3 is 15.0 Å². The third-order valence-electron chi connectivity index (χ3n) is 4.19. The van der Waals surface area contributed by atoms with E-state index >= 15 is 0 Å². The quantitative estimate of drug-likeness (QED) is 0.696. The van der Waals surface area contributed by atoms with Gasteiger partial charge in [-0.1, -0.05) is 0 Å². The third kappa shape index (κ3) is 4.93. The molecule has 140 valence electrons. The van der Waals surface area contributed by atoms with Gasteiger partial charge in [-0.15, -0.1) is 0 Å². The SMILES string of the molecule is COc1ccc(S(=O)(=O)N2CCCC2)cc1C(=O)NCCCN(C)C. The smallest absolute Gasteiger partial charge is 0.255 e. The lowest BCUT2D eigenvalue weighted by Crippen LogP contribution is -2.29. The normalized spacial score (nSPS) is 15.5. The number of hydrogen-bond donors (Lipinski definition) is 1. The molecule has 1 aliphatic heterocycles. The van der Waals surface area contributed by atoms with Crippen molar-refractivity contribution in [1.29, 1.82) is 0 Å². The van der Waals surface area contributed by atoms with E-state index in [-0.39, 0.29) is 16.4 Å². The summed E-state index contributed by atoms with van der Waals surface area (Å²) < 4.78 is 32.1. The van der Waals surface area contributed by atoms with Crippen molar-refractivity contribution in [1.82, 2.24) is 14.5 Å². The molecular weight excluding hydrogens is 342 g/mol. The fraction of sp³-hybridized carbons (Fsp3) is 0.588. The molecule has 1 saturated heterocycles. The molecule has 0 radical (unpaired) electrons. The molecule has 0 saturated carbocycles. The number of ether oxygens (including phenoxy) is 1. The minimum absolute atomic E-state index is 0.133. The molecule has 1 N–H and O–H groups in total. The second kappa shape index (κ2) is 8.64. The van der Waals surface area contributed by atoms with Crippen molar-refractivity contribution in [3.05, 3.63) is 23.8 Å². The van der Waals surface area contributed by atoms with E-state index in [9.17, 15) is 13.2 Å². The van der Waals surface area contributed by atoms with Crippen molar-refractivity contribution in [3.8, 4) is 5.75 Å². The average molecular weight is 369 g/mol. The molecule has 0 aromatic heterocycles. The maximum Gasteiger partial charge on any atom is 0.255 e. The lowest BCUT2D eigenvalue weighted by atomic mass is 10.2. The van der Waals surface area contributed by atoms with Crippen molar-refractivity contribution < 1.29 is 17.9 Å². The molecule has 2 rings (SSSR count). The first kappa shape index (κ1) is 19.7. The summed E-state index contributed by atoms with van der Waals surface area (Å²) in [6.45, 7) is 2.44. The highest BCUT2D eigenvalue weighted by molar-refractivity contribution is 7.89. The Labute approximate surface area is 150 Å². The fourth-order valence-corrected chi connectivity index (χ4v) is 4.34. The van der Waals surface area contributed by atoms with E-state index in [2.05, 4.69) is 5.32 Å². The van der Waals surface area contributed by atoms with Crippen LogP contribution in [0.25, 0.3) is 0 Å². The second-order valence-electron chi connectivity index (χ2n) is 6.39. The Morgan fingerprint density at radius 2 is 1.96 bits per heavy atom. The molecule has 25 heavy (non-hydrogen) atoms. The molecule has 1 amide bonds. The molecule has 1 fully saturated rings. The number of nitrogens with zero attached hydrogens (tertiary/aromatic N) is 2. The maximum absolute atomic E-state index is 12.7. The van der Waals surface area contributed by atoms with Gasteiger partial charge in [-0.25, -0.2) is 8.42 Å². The molecule has 0 atom stereocenters. The van der Waals surface area contributed by atoms with Gasteiger partial charge in [-0.3, -0.25) is 4.79 Å². The van der Waals surface area contributed by atoms with Crippen LogP contribution in [0, 0.1) is 0 Å². The van der Waals surface area contributed by atoms with Gasteiger partial charge in [0.15, 0.2) is 0 Å². The van der Waals surface area contributed by atoms with Crippen molar-refractivity contribution in [2.45, 2.75) is 24.2 Å². The Kier molecular flexibility index (Phi) is 6.80. The van der Waals surface area contributed by atoms with Crippen LogP contribution in [0.3, 0.4) is 0 Å². The van der Waals surface area contributed by atoms with Crippen LogP contribution < -0.4 is 10.1 Å². The lowest BCUT2D eigenvalue weighted by Gasteiger charge is -2.17. The van der Waals surface area contributed by atoms with Crippen LogP contribution in [0.2, 0.25) is 0 Å². The van der Waals surface area contributed by atoms with E-state index < -0.39 is 10.0 Å². The standard InChI is InChI=1S/C17H27N3O4S/c1-19(2)10-6-9-18-17(21)15-13-14(7-8-16(15)24-3)25(22,23)20-11-4-5-12-20/h7-8,13H,4-6,9-12H2,1-3H3,(H,18,21). The number of methoxy groups -OCH3 is 1. The molecular formula is C17H27N3O4S. The Morgan fingerprint density at radius 1 is 1.28 bits per heavy atom. The summed E-state index contributed by atoms with van der Waals surface area (Å²) in [6.07, 6.45) is 2.55. The van der Waals surface area contributed by atoms with Gasteiger partial charge >= 0.3 is 0 Å². The molecule has 1 aromatic rings. The van der Waals surface area contributed by atoms with E-state index in [0.717, 1.165) is 25.8 Å². The first-order valence-electron chi connectivity index (χ1n) is 8.47. The van der Waals surface area contributed by atoms with Gasteiger partial charge in [0.25, 0.3) is 5.91 Å². The van der Waals surface area contributed by atoms with E-state index in [4.69, 9.17) is 4.74 Å². The van der Waals surface area contributed by atoms with Crippen LogP contribution in [-0.4, -0.2) is 70.9 Å². The van der Waals surface area contributed by atoms with Crippen LogP contribution in [0.4, 0.5) is 0 Å². The Hall–Kier alpha value is -1.64. The fourth-order valence-electron chi connectivity index (χ4n) is 2.79. The van der Waals surface area contributed by atoms with Crippen molar-refractivity contribution in [2.75, 3.05) is 47.4 Å². The van der Waals surface area contributed by atoms with Crippen LogP contribution in [0.5, 0.6) is 5.75 Å². The van der Waals surface area contributed by atoms with E-state index in [1.165, 1.54) is 29.6 Å². The summed E-state index contributed by atoms with van der Waals surface area (Å²) in [6, 6.07) is 4.45. The van der Waals surface area contributed by atoms with Gasteiger partial charge in [0.2, 0.25) is 10.0 Å². The minimum Gasteiger partial charge on any atom is -0.496 e. The molecule has 1 heterocycles. The molecule has 0 spiro atoms. The zero-order valence-electron chi connectivity index (χ0n) is 15.1. The Balaban J connectivity index is 2.17. The first-order chi connectivity index (χ1) is 11.9. The first-order valence-corrected chi connectivity index (χ1v) is 9.91. The summed E-state index contributed by atoms with van der Waals surface area (Å²) in [5.74, 6) is 0.0413. The van der Waals surface area contributed by atoms with Crippen molar-refractivity contribution in [3.63, 3.8) is 0 Å². The molecule has 1 aliphatic rings. The van der Waals surface area contributed by atoms with Crippen LogP contribution in [0.1, 0.15) is 29.6 Å². The van der Waals surface area contributed by atoms with Crippen molar-refractivity contribution >= 4 is 15.9 Å². The predicted octanol–water partition coefficient (Wildman–Crippen LogP) is 1.16. The monoisotopic (exact) mass is 369 g/mol. The largest absolute Gasteiger partial charge is 0.496 e.